The van der Waals surface area contributed by atoms with Crippen molar-refractivity contribution < 1.29 is 8.42 Å². The molecule has 0 aliphatic rings. The van der Waals surface area contributed by atoms with Gasteiger partial charge in [0.05, 0.1) is 16.1 Å². The van der Waals surface area contributed by atoms with E-state index in [1.54, 1.807) is 42.5 Å². The number of nitrogens with zero attached hydrogens (tertiary/aromatic N) is 3. The topological polar surface area (TPSA) is 108 Å². The summed E-state index contributed by atoms with van der Waals surface area (Å²) < 4.78 is 27.0. The van der Waals surface area contributed by atoms with Gasteiger partial charge in [-0.05, 0) is 42.5 Å². The van der Waals surface area contributed by atoms with Crippen molar-refractivity contribution in [2.24, 2.45) is 0 Å². The van der Waals surface area contributed by atoms with Gasteiger partial charge in [-0.1, -0.05) is 29.8 Å². The second-order valence-corrected chi connectivity index (χ2v) is 7.27. The second-order valence-electron chi connectivity index (χ2n) is 5.15. The number of benzene rings is 2. The molecule has 9 heteroatoms. The molecule has 0 fully saturated rings. The van der Waals surface area contributed by atoms with Crippen LogP contribution in [0, 0.1) is 11.3 Å². The van der Waals surface area contributed by atoms with E-state index >= 15 is 0 Å². The van der Waals surface area contributed by atoms with Crippen LogP contribution in [-0.2, 0) is 10.0 Å². The lowest BCUT2D eigenvalue weighted by atomic mass is 10.2. The maximum Gasteiger partial charge on any atom is 0.263 e. The number of nitriles is 1. The van der Waals surface area contributed by atoms with Gasteiger partial charge in [0.25, 0.3) is 10.0 Å². The van der Waals surface area contributed by atoms with Crippen molar-refractivity contribution in [1.82, 2.24) is 10.2 Å². The van der Waals surface area contributed by atoms with E-state index in [9.17, 15) is 8.42 Å². The summed E-state index contributed by atoms with van der Waals surface area (Å²) in [6.45, 7) is 0. The Labute approximate surface area is 155 Å². The highest BCUT2D eigenvalue weighted by Crippen LogP contribution is 2.21. The summed E-state index contributed by atoms with van der Waals surface area (Å²) in [7, 11) is -3.82. The third kappa shape index (κ3) is 4.08. The van der Waals surface area contributed by atoms with E-state index in [2.05, 4.69) is 26.3 Å². The van der Waals surface area contributed by atoms with Gasteiger partial charge in [0.15, 0.2) is 11.6 Å². The SMILES string of the molecule is N#Cc1ccccc1Nc1ccc(NS(=O)(=O)c2cccc(Cl)c2)nn1. The molecule has 0 atom stereocenters. The molecule has 0 spiro atoms. The fraction of sp³-hybridized carbons (Fsp3) is 0. The summed E-state index contributed by atoms with van der Waals surface area (Å²) in [5.41, 5.74) is 1.04. The van der Waals surface area contributed by atoms with Gasteiger partial charge in [-0.15, -0.1) is 10.2 Å². The number of anilines is 3. The van der Waals surface area contributed by atoms with Crippen LogP contribution in [0.25, 0.3) is 0 Å². The molecular formula is C17H12ClN5O2S. The third-order valence-corrected chi connectivity index (χ3v) is 4.91. The first-order chi connectivity index (χ1) is 12.5. The number of aromatic nitrogens is 2. The first-order valence-corrected chi connectivity index (χ1v) is 9.22. The molecule has 1 heterocycles. The standard InChI is InChI=1S/C17H12ClN5O2S/c18-13-5-3-6-14(10-13)26(24,25)23-17-9-8-16(21-22-17)20-15-7-2-1-4-12(15)11-19/h1-10H,(H,20,21)(H,22,23). The molecule has 0 bridgehead atoms. The maximum absolute atomic E-state index is 12.3. The Morgan fingerprint density at radius 1 is 0.962 bits per heavy atom. The normalized spacial score (nSPS) is 10.8. The molecule has 26 heavy (non-hydrogen) atoms. The Bertz CT molecular complexity index is 1080. The molecule has 0 aliphatic heterocycles. The minimum Gasteiger partial charge on any atom is -0.338 e. The van der Waals surface area contributed by atoms with Crippen LogP contribution in [0.5, 0.6) is 0 Å². The number of nitrogens with one attached hydrogen (secondary N) is 2. The summed E-state index contributed by atoms with van der Waals surface area (Å²) >= 11 is 5.83. The van der Waals surface area contributed by atoms with Crippen LogP contribution in [0.4, 0.5) is 17.3 Å². The van der Waals surface area contributed by atoms with Gasteiger partial charge in [-0.3, -0.25) is 4.72 Å². The molecule has 0 radical (unpaired) electrons. The van der Waals surface area contributed by atoms with Gasteiger partial charge < -0.3 is 5.32 Å². The predicted molar refractivity (Wildman–Crippen MR) is 98.7 cm³/mol. The summed E-state index contributed by atoms with van der Waals surface area (Å²) in [4.78, 5) is 0.0250. The first-order valence-electron chi connectivity index (χ1n) is 7.36. The molecule has 0 unspecified atom stereocenters. The molecular weight excluding hydrogens is 374 g/mol. The number of hydrogen-bond donors (Lipinski definition) is 2. The fourth-order valence-corrected chi connectivity index (χ4v) is 3.41. The van der Waals surface area contributed by atoms with Crippen molar-refractivity contribution in [1.29, 1.82) is 5.26 Å². The molecule has 130 valence electrons. The highest BCUT2D eigenvalue weighted by Gasteiger charge is 2.15. The molecule has 7 nitrogen and oxygen atoms in total. The van der Waals surface area contributed by atoms with Crippen LogP contribution in [0.2, 0.25) is 5.02 Å². The molecule has 3 rings (SSSR count). The number of para-hydroxylation sites is 1. The summed E-state index contributed by atoms with van der Waals surface area (Å²) in [6.07, 6.45) is 0. The highest BCUT2D eigenvalue weighted by molar-refractivity contribution is 7.92. The Hall–Kier alpha value is -3.15. The van der Waals surface area contributed by atoms with Crippen LogP contribution >= 0.6 is 11.6 Å². The summed E-state index contributed by atoms with van der Waals surface area (Å²) in [5.74, 6) is 0.433. The second kappa shape index (κ2) is 7.39. The smallest absolute Gasteiger partial charge is 0.263 e. The van der Waals surface area contributed by atoms with E-state index in [0.29, 0.717) is 22.1 Å². The van der Waals surface area contributed by atoms with Gasteiger partial charge in [-0.2, -0.15) is 5.26 Å². The number of rotatable bonds is 5. The Morgan fingerprint density at radius 3 is 2.38 bits per heavy atom. The van der Waals surface area contributed by atoms with Crippen LogP contribution in [0.1, 0.15) is 5.56 Å². The zero-order valence-electron chi connectivity index (χ0n) is 13.2. The van der Waals surface area contributed by atoms with Crippen LogP contribution in [-0.4, -0.2) is 18.6 Å². The molecule has 2 N–H and O–H groups in total. The van der Waals surface area contributed by atoms with E-state index in [1.807, 2.05) is 0 Å². The average molecular weight is 386 g/mol. The van der Waals surface area contributed by atoms with E-state index in [1.165, 1.54) is 18.2 Å². The monoisotopic (exact) mass is 385 g/mol. The third-order valence-electron chi connectivity index (χ3n) is 3.32. The van der Waals surface area contributed by atoms with Gasteiger partial charge in [0.1, 0.15) is 6.07 Å². The molecule has 0 saturated heterocycles. The number of hydrogen-bond acceptors (Lipinski definition) is 6. The summed E-state index contributed by atoms with van der Waals surface area (Å²) in [6, 6.07) is 17.9. The largest absolute Gasteiger partial charge is 0.338 e. The predicted octanol–water partition coefficient (Wildman–Crippen LogP) is 3.55. The number of sulfonamides is 1. The lowest BCUT2D eigenvalue weighted by Gasteiger charge is -2.09. The van der Waals surface area contributed by atoms with E-state index in [4.69, 9.17) is 16.9 Å². The van der Waals surface area contributed by atoms with Crippen molar-refractivity contribution in [3.63, 3.8) is 0 Å². The van der Waals surface area contributed by atoms with Gasteiger partial charge in [0, 0.05) is 5.02 Å². The molecule has 2 aromatic carbocycles. The zero-order chi connectivity index (χ0) is 18.6. The minimum absolute atomic E-state index is 0.0250. The molecule has 0 aliphatic carbocycles. The molecule has 0 saturated carbocycles. The fourth-order valence-electron chi connectivity index (χ4n) is 2.11. The first kappa shape index (κ1) is 17.7. The van der Waals surface area contributed by atoms with Crippen molar-refractivity contribution >= 4 is 38.9 Å². The lowest BCUT2D eigenvalue weighted by Crippen LogP contribution is -2.14. The van der Waals surface area contributed by atoms with Gasteiger partial charge in [0.2, 0.25) is 0 Å². The van der Waals surface area contributed by atoms with Gasteiger partial charge >= 0.3 is 0 Å². The zero-order valence-corrected chi connectivity index (χ0v) is 14.8. The van der Waals surface area contributed by atoms with Crippen LogP contribution < -0.4 is 10.0 Å². The average Bonchev–Trinajstić information content (AvgIpc) is 2.63. The van der Waals surface area contributed by atoms with Crippen LogP contribution in [0.3, 0.4) is 0 Å². The van der Waals surface area contributed by atoms with Crippen molar-refractivity contribution in [3.05, 3.63) is 71.2 Å². The van der Waals surface area contributed by atoms with Crippen molar-refractivity contribution in [2.45, 2.75) is 4.90 Å². The van der Waals surface area contributed by atoms with Crippen molar-refractivity contribution in [2.75, 3.05) is 10.0 Å². The van der Waals surface area contributed by atoms with Gasteiger partial charge in [-0.25, -0.2) is 8.42 Å². The highest BCUT2D eigenvalue weighted by atomic mass is 35.5. The van der Waals surface area contributed by atoms with E-state index in [-0.39, 0.29) is 10.7 Å². The molecule has 3 aromatic rings. The minimum atomic E-state index is -3.82. The lowest BCUT2D eigenvalue weighted by molar-refractivity contribution is 0.601. The van der Waals surface area contributed by atoms with Crippen LogP contribution in [0.15, 0.2) is 65.6 Å². The molecule has 1 aromatic heterocycles. The quantitative estimate of drug-likeness (QED) is 0.695. The number of halogens is 1. The Balaban J connectivity index is 1.77. The van der Waals surface area contributed by atoms with E-state index in [0.717, 1.165) is 0 Å². The summed E-state index contributed by atoms with van der Waals surface area (Å²) in [5, 5.41) is 20.1. The maximum atomic E-state index is 12.3. The van der Waals surface area contributed by atoms with Crippen molar-refractivity contribution in [3.8, 4) is 6.07 Å². The Kier molecular flexibility index (Phi) is 5.02. The van der Waals surface area contributed by atoms with E-state index < -0.39 is 10.0 Å². The molecule has 0 amide bonds. The Morgan fingerprint density at radius 2 is 1.69 bits per heavy atom.